The summed E-state index contributed by atoms with van der Waals surface area (Å²) in [5, 5.41) is 13.3. The van der Waals surface area contributed by atoms with Gasteiger partial charge in [-0.25, -0.2) is 0 Å². The standard InChI is InChI=1S/C20H22N4O8/c1-3-31-16-6-4-5-7-17(16)32-12-19(26)23-22-18(25)11-21-20(27)13-8-9-15(30-2)14(10-13)24(28)29/h4-10H,3,11-12H2,1-2H3,(H,21,27)(H,22,25)(H,23,26). The summed E-state index contributed by atoms with van der Waals surface area (Å²) in [4.78, 5) is 46.2. The van der Waals surface area contributed by atoms with Crippen molar-refractivity contribution in [1.29, 1.82) is 0 Å². The van der Waals surface area contributed by atoms with E-state index in [0.717, 1.165) is 6.07 Å². The number of hydrogen-bond donors (Lipinski definition) is 3. The highest BCUT2D eigenvalue weighted by Crippen LogP contribution is 2.27. The first-order valence-electron chi connectivity index (χ1n) is 9.38. The van der Waals surface area contributed by atoms with Crippen LogP contribution in [0.25, 0.3) is 0 Å². The maximum atomic E-state index is 12.1. The molecule has 0 bridgehead atoms. The van der Waals surface area contributed by atoms with Crippen molar-refractivity contribution in [2.24, 2.45) is 0 Å². The second-order valence-corrected chi connectivity index (χ2v) is 6.09. The molecule has 2 aromatic rings. The molecule has 3 N–H and O–H groups in total. The van der Waals surface area contributed by atoms with Gasteiger partial charge in [-0.3, -0.25) is 35.3 Å². The van der Waals surface area contributed by atoms with Gasteiger partial charge in [0.2, 0.25) is 0 Å². The van der Waals surface area contributed by atoms with Crippen LogP contribution in [-0.2, 0) is 9.59 Å². The van der Waals surface area contributed by atoms with Gasteiger partial charge in [0.25, 0.3) is 17.7 Å². The zero-order valence-corrected chi connectivity index (χ0v) is 17.4. The van der Waals surface area contributed by atoms with E-state index in [1.807, 2.05) is 6.92 Å². The Bertz CT molecular complexity index is 995. The number of hydrogen-bond acceptors (Lipinski definition) is 8. The van der Waals surface area contributed by atoms with E-state index in [4.69, 9.17) is 14.2 Å². The molecule has 2 aromatic carbocycles. The van der Waals surface area contributed by atoms with E-state index < -0.39 is 29.2 Å². The van der Waals surface area contributed by atoms with Gasteiger partial charge in [-0.05, 0) is 31.2 Å². The highest BCUT2D eigenvalue weighted by molar-refractivity contribution is 5.97. The van der Waals surface area contributed by atoms with Gasteiger partial charge >= 0.3 is 5.69 Å². The number of nitro groups is 1. The molecule has 0 unspecified atom stereocenters. The third kappa shape index (κ3) is 6.86. The highest BCUT2D eigenvalue weighted by Gasteiger charge is 2.18. The van der Waals surface area contributed by atoms with Gasteiger partial charge in [0.1, 0.15) is 0 Å². The first-order valence-corrected chi connectivity index (χ1v) is 9.38. The minimum Gasteiger partial charge on any atom is -0.490 e. The topological polar surface area (TPSA) is 158 Å². The van der Waals surface area contributed by atoms with Crippen LogP contribution in [0.5, 0.6) is 17.2 Å². The SMILES string of the molecule is CCOc1ccccc1OCC(=O)NNC(=O)CNC(=O)c1ccc(OC)c([N+](=O)[O-])c1. The van der Waals surface area contributed by atoms with Gasteiger partial charge in [-0.15, -0.1) is 0 Å². The molecule has 0 aliphatic carbocycles. The van der Waals surface area contributed by atoms with Crippen molar-refractivity contribution in [3.63, 3.8) is 0 Å². The molecule has 12 heteroatoms. The molecule has 170 valence electrons. The molecule has 0 spiro atoms. The van der Waals surface area contributed by atoms with Crippen molar-refractivity contribution in [2.45, 2.75) is 6.92 Å². The van der Waals surface area contributed by atoms with E-state index in [1.165, 1.54) is 19.2 Å². The van der Waals surface area contributed by atoms with Gasteiger partial charge in [0.05, 0.1) is 25.2 Å². The molecule has 0 radical (unpaired) electrons. The number of nitro benzene ring substituents is 1. The fraction of sp³-hybridized carbons (Fsp3) is 0.250. The lowest BCUT2D eigenvalue weighted by Crippen LogP contribution is -2.47. The summed E-state index contributed by atoms with van der Waals surface area (Å²) < 4.78 is 15.6. The molecule has 0 aliphatic rings. The second-order valence-electron chi connectivity index (χ2n) is 6.09. The molecular weight excluding hydrogens is 424 g/mol. The highest BCUT2D eigenvalue weighted by atomic mass is 16.6. The first kappa shape index (κ1) is 23.9. The molecule has 0 fully saturated rings. The van der Waals surface area contributed by atoms with Crippen molar-refractivity contribution in [3.8, 4) is 17.2 Å². The van der Waals surface area contributed by atoms with Crippen LogP contribution in [0.4, 0.5) is 5.69 Å². The van der Waals surface area contributed by atoms with Gasteiger partial charge < -0.3 is 19.5 Å². The number of benzene rings is 2. The summed E-state index contributed by atoms with van der Waals surface area (Å²) in [5.41, 5.74) is 3.85. The lowest BCUT2D eigenvalue weighted by molar-refractivity contribution is -0.385. The Morgan fingerprint density at radius 1 is 0.969 bits per heavy atom. The predicted octanol–water partition coefficient (Wildman–Crippen LogP) is 0.958. The molecule has 2 rings (SSSR count). The van der Waals surface area contributed by atoms with Crippen LogP contribution in [-0.4, -0.2) is 49.5 Å². The number of carbonyl (C=O) groups is 3. The number of amides is 3. The number of nitrogens with one attached hydrogen (secondary N) is 3. The Morgan fingerprint density at radius 3 is 2.25 bits per heavy atom. The summed E-state index contributed by atoms with van der Waals surface area (Å²) in [6.07, 6.45) is 0. The molecule has 0 heterocycles. The van der Waals surface area contributed by atoms with E-state index in [0.29, 0.717) is 18.1 Å². The van der Waals surface area contributed by atoms with Crippen molar-refractivity contribution < 1.29 is 33.5 Å². The Kier molecular flexibility index (Phi) is 8.78. The van der Waals surface area contributed by atoms with Crippen LogP contribution in [0.1, 0.15) is 17.3 Å². The average molecular weight is 446 g/mol. The Hall–Kier alpha value is -4.35. The van der Waals surface area contributed by atoms with E-state index >= 15 is 0 Å². The third-order valence-electron chi connectivity index (χ3n) is 3.90. The van der Waals surface area contributed by atoms with Crippen LogP contribution in [0, 0.1) is 10.1 Å². The third-order valence-corrected chi connectivity index (χ3v) is 3.90. The zero-order chi connectivity index (χ0) is 23.5. The molecule has 3 amide bonds. The summed E-state index contributed by atoms with van der Waals surface area (Å²) in [7, 11) is 1.27. The lowest BCUT2D eigenvalue weighted by Gasteiger charge is -2.12. The van der Waals surface area contributed by atoms with E-state index in [2.05, 4.69) is 16.2 Å². The van der Waals surface area contributed by atoms with Crippen molar-refractivity contribution in [3.05, 3.63) is 58.1 Å². The van der Waals surface area contributed by atoms with Crippen molar-refractivity contribution in [1.82, 2.24) is 16.2 Å². The minimum atomic E-state index is -0.718. The molecule has 0 aromatic heterocycles. The van der Waals surface area contributed by atoms with Gasteiger partial charge in [-0.2, -0.15) is 0 Å². The molecule has 0 aliphatic heterocycles. The summed E-state index contributed by atoms with van der Waals surface area (Å²) >= 11 is 0. The quantitative estimate of drug-likeness (QED) is 0.360. The van der Waals surface area contributed by atoms with Crippen LogP contribution >= 0.6 is 0 Å². The molecule has 0 saturated carbocycles. The number of nitrogens with zero attached hydrogens (tertiary/aromatic N) is 1. The van der Waals surface area contributed by atoms with Crippen LogP contribution in [0.2, 0.25) is 0 Å². The van der Waals surface area contributed by atoms with Crippen LogP contribution in [0.3, 0.4) is 0 Å². The second kappa shape index (κ2) is 11.7. The van der Waals surface area contributed by atoms with Gasteiger partial charge in [0.15, 0.2) is 23.9 Å². The number of rotatable bonds is 10. The normalized spacial score (nSPS) is 9.94. The van der Waals surface area contributed by atoms with E-state index in [-0.39, 0.29) is 23.6 Å². The van der Waals surface area contributed by atoms with Crippen molar-refractivity contribution >= 4 is 23.4 Å². The predicted molar refractivity (Wildman–Crippen MR) is 111 cm³/mol. The smallest absolute Gasteiger partial charge is 0.311 e. The molecular formula is C20H22N4O8. The van der Waals surface area contributed by atoms with Gasteiger partial charge in [-0.1, -0.05) is 12.1 Å². The average Bonchev–Trinajstić information content (AvgIpc) is 2.80. The number of para-hydroxylation sites is 2. The van der Waals surface area contributed by atoms with Gasteiger partial charge in [0, 0.05) is 11.6 Å². The Labute approximate surface area is 183 Å². The number of hydrazine groups is 1. The Balaban J connectivity index is 1.78. The monoisotopic (exact) mass is 446 g/mol. The number of carbonyl (C=O) groups excluding carboxylic acids is 3. The zero-order valence-electron chi connectivity index (χ0n) is 17.4. The van der Waals surface area contributed by atoms with Crippen LogP contribution < -0.4 is 30.4 Å². The fourth-order valence-electron chi connectivity index (χ4n) is 2.44. The summed E-state index contributed by atoms with van der Waals surface area (Å²) in [6.45, 7) is 1.38. The van der Waals surface area contributed by atoms with E-state index in [1.54, 1.807) is 24.3 Å². The lowest BCUT2D eigenvalue weighted by atomic mass is 10.1. The maximum Gasteiger partial charge on any atom is 0.311 e. The summed E-state index contributed by atoms with van der Waals surface area (Å²) in [5.74, 6) is -1.22. The minimum absolute atomic E-state index is 0.00176. The van der Waals surface area contributed by atoms with E-state index in [9.17, 15) is 24.5 Å². The van der Waals surface area contributed by atoms with Crippen molar-refractivity contribution in [2.75, 3.05) is 26.9 Å². The Morgan fingerprint density at radius 2 is 1.62 bits per heavy atom. The molecule has 12 nitrogen and oxygen atoms in total. The molecule has 0 atom stereocenters. The molecule has 0 saturated heterocycles. The fourth-order valence-corrected chi connectivity index (χ4v) is 2.44. The first-order chi connectivity index (χ1) is 15.3. The largest absolute Gasteiger partial charge is 0.490 e. The number of ether oxygens (including phenoxy) is 3. The summed E-state index contributed by atoms with van der Waals surface area (Å²) in [6, 6.07) is 10.4. The molecule has 32 heavy (non-hydrogen) atoms. The van der Waals surface area contributed by atoms with Crippen LogP contribution in [0.15, 0.2) is 42.5 Å². The number of methoxy groups -OCH3 is 1. The maximum absolute atomic E-state index is 12.1.